The number of carbonyl (C=O) groups is 1. The second-order valence-electron chi connectivity index (χ2n) is 7.41. The molecule has 0 spiro atoms. The Hall–Kier alpha value is -2.64. The minimum Gasteiger partial charge on any atom is -0.380 e. The predicted molar refractivity (Wildman–Crippen MR) is 104 cm³/mol. The van der Waals surface area contributed by atoms with E-state index in [4.69, 9.17) is 6.57 Å². The number of hydrogen-bond donors (Lipinski definition) is 1. The van der Waals surface area contributed by atoms with E-state index in [1.54, 1.807) is 19.1 Å². The molecule has 0 saturated carbocycles. The molecule has 2 aromatic carbocycles. The Morgan fingerprint density at radius 3 is 2.73 bits per heavy atom. The van der Waals surface area contributed by atoms with Crippen LogP contribution in [0.15, 0.2) is 36.4 Å². The second kappa shape index (κ2) is 6.93. The number of ketones is 1. The van der Waals surface area contributed by atoms with Crippen molar-refractivity contribution in [1.82, 2.24) is 0 Å². The van der Waals surface area contributed by atoms with Gasteiger partial charge in [0, 0.05) is 18.7 Å². The van der Waals surface area contributed by atoms with Gasteiger partial charge in [0.15, 0.2) is 11.5 Å². The van der Waals surface area contributed by atoms with E-state index in [-0.39, 0.29) is 12.2 Å². The van der Waals surface area contributed by atoms with E-state index in [2.05, 4.69) is 34.9 Å². The van der Waals surface area contributed by atoms with Crippen LogP contribution in [0.4, 0.5) is 11.4 Å². The van der Waals surface area contributed by atoms with Gasteiger partial charge in [-0.05, 0) is 49.9 Å². The van der Waals surface area contributed by atoms with Crippen LogP contribution < -0.4 is 4.90 Å². The minimum atomic E-state index is -1.42. The van der Waals surface area contributed by atoms with Gasteiger partial charge in [0.1, 0.15) is 5.60 Å². The molecule has 134 valence electrons. The van der Waals surface area contributed by atoms with E-state index in [1.807, 2.05) is 13.0 Å². The molecule has 0 aliphatic carbocycles. The van der Waals surface area contributed by atoms with Crippen molar-refractivity contribution < 1.29 is 9.90 Å². The van der Waals surface area contributed by atoms with Crippen LogP contribution in [0, 0.1) is 20.4 Å². The average molecular weight is 348 g/mol. The van der Waals surface area contributed by atoms with E-state index in [1.165, 1.54) is 11.1 Å². The van der Waals surface area contributed by atoms with E-state index in [0.29, 0.717) is 12.2 Å². The summed E-state index contributed by atoms with van der Waals surface area (Å²) < 4.78 is 0. The number of rotatable bonds is 5. The molecule has 1 N–H and O–H groups in total. The third kappa shape index (κ3) is 3.63. The lowest BCUT2D eigenvalue weighted by atomic mass is 9.93. The highest BCUT2D eigenvalue weighted by Gasteiger charge is 2.34. The van der Waals surface area contributed by atoms with Crippen LogP contribution in [0.1, 0.15) is 29.2 Å². The Bertz CT molecular complexity index is 894. The molecule has 0 radical (unpaired) electrons. The number of β-amino-alcohol motifs (C(OH)–C–C–N with tert-alkyl or cyclic N) is 1. The molecule has 0 saturated heterocycles. The van der Waals surface area contributed by atoms with E-state index in [9.17, 15) is 9.90 Å². The number of nitrogens with zero attached hydrogens (tertiary/aromatic N) is 2. The second-order valence-corrected chi connectivity index (χ2v) is 7.41. The first-order chi connectivity index (χ1) is 12.3. The molecular formula is C22H24N2O2. The molecule has 3 rings (SSSR count). The maximum absolute atomic E-state index is 12.7. The lowest BCUT2D eigenvalue weighted by Gasteiger charge is -2.29. The van der Waals surface area contributed by atoms with Crippen molar-refractivity contribution in [3.63, 3.8) is 0 Å². The smallest absolute Gasteiger partial charge is 0.190 e. The van der Waals surface area contributed by atoms with Crippen LogP contribution in [-0.4, -0.2) is 29.6 Å². The van der Waals surface area contributed by atoms with Crippen LogP contribution in [0.3, 0.4) is 0 Å². The Morgan fingerprint density at radius 1 is 1.27 bits per heavy atom. The molecular weight excluding hydrogens is 324 g/mol. The van der Waals surface area contributed by atoms with Gasteiger partial charge < -0.3 is 10.0 Å². The van der Waals surface area contributed by atoms with Crippen LogP contribution in [-0.2, 0) is 17.6 Å². The number of Topliss-reactive ketones (excluding diaryl/α,β-unsaturated/α-hetero) is 1. The largest absolute Gasteiger partial charge is 0.380 e. The molecule has 1 heterocycles. The van der Waals surface area contributed by atoms with Crippen molar-refractivity contribution in [2.45, 2.75) is 39.2 Å². The standard InChI is InChI=1S/C22H24N2O2/c1-15-5-8-20-18(11-15)9-10-24(20)14-22(3,26)21(25)13-17-6-7-19(23-4)16(2)12-17/h5-8,11-12,26H,9-10,13-14H2,1-3H3/t22-/m0/s1. The molecule has 1 atom stereocenters. The van der Waals surface area contributed by atoms with Gasteiger partial charge in [-0.25, -0.2) is 4.85 Å². The molecule has 0 bridgehead atoms. The maximum Gasteiger partial charge on any atom is 0.190 e. The third-order valence-electron chi connectivity index (χ3n) is 5.07. The molecule has 1 aliphatic rings. The quantitative estimate of drug-likeness (QED) is 0.837. The van der Waals surface area contributed by atoms with Crippen molar-refractivity contribution in [1.29, 1.82) is 0 Å². The molecule has 0 unspecified atom stereocenters. The summed E-state index contributed by atoms with van der Waals surface area (Å²) >= 11 is 0. The van der Waals surface area contributed by atoms with E-state index < -0.39 is 5.60 Å². The van der Waals surface area contributed by atoms with Crippen molar-refractivity contribution in [2.75, 3.05) is 18.0 Å². The molecule has 4 nitrogen and oxygen atoms in total. The number of aryl methyl sites for hydroxylation is 2. The third-order valence-corrected chi connectivity index (χ3v) is 5.07. The van der Waals surface area contributed by atoms with Gasteiger partial charge in [-0.1, -0.05) is 35.9 Å². The zero-order valence-corrected chi connectivity index (χ0v) is 15.5. The highest BCUT2D eigenvalue weighted by molar-refractivity contribution is 5.89. The minimum absolute atomic E-state index is 0.167. The molecule has 0 amide bonds. The van der Waals surface area contributed by atoms with Gasteiger partial charge in [0.25, 0.3) is 0 Å². The maximum atomic E-state index is 12.7. The Kier molecular flexibility index (Phi) is 4.84. The fourth-order valence-corrected chi connectivity index (χ4v) is 3.55. The summed E-state index contributed by atoms with van der Waals surface area (Å²) in [5, 5.41) is 10.8. The van der Waals surface area contributed by atoms with Crippen molar-refractivity contribution >= 4 is 17.2 Å². The summed E-state index contributed by atoms with van der Waals surface area (Å²) in [6, 6.07) is 11.7. The molecule has 0 aromatic heterocycles. The molecule has 4 heteroatoms. The summed E-state index contributed by atoms with van der Waals surface area (Å²) in [7, 11) is 0. The van der Waals surface area contributed by atoms with E-state index >= 15 is 0 Å². The Labute approximate surface area is 154 Å². The molecule has 0 fully saturated rings. The Morgan fingerprint density at radius 2 is 2.04 bits per heavy atom. The fourth-order valence-electron chi connectivity index (χ4n) is 3.55. The SMILES string of the molecule is [C-]#[N+]c1ccc(CC(=O)[C@@](C)(O)CN2CCc3cc(C)ccc32)cc1C. The summed E-state index contributed by atoms with van der Waals surface area (Å²) in [5.74, 6) is -0.201. The number of carbonyl (C=O) groups excluding carboxylic acids is 1. The van der Waals surface area contributed by atoms with Crippen LogP contribution in [0.5, 0.6) is 0 Å². The summed E-state index contributed by atoms with van der Waals surface area (Å²) in [4.78, 5) is 18.3. The zero-order chi connectivity index (χ0) is 18.9. The first kappa shape index (κ1) is 18.2. The number of fused-ring (bicyclic) bond motifs is 1. The van der Waals surface area contributed by atoms with Gasteiger partial charge in [-0.15, -0.1) is 0 Å². The van der Waals surface area contributed by atoms with Crippen molar-refractivity contribution in [3.8, 4) is 0 Å². The average Bonchev–Trinajstić information content (AvgIpc) is 2.96. The fraction of sp³-hybridized carbons (Fsp3) is 0.364. The lowest BCUT2D eigenvalue weighted by molar-refractivity contribution is -0.134. The highest BCUT2D eigenvalue weighted by atomic mass is 16.3. The molecule has 26 heavy (non-hydrogen) atoms. The first-order valence-corrected chi connectivity index (χ1v) is 8.87. The summed E-state index contributed by atoms with van der Waals surface area (Å²) in [6.45, 7) is 13.8. The lowest BCUT2D eigenvalue weighted by Crippen LogP contribution is -2.47. The van der Waals surface area contributed by atoms with Crippen molar-refractivity contribution in [3.05, 3.63) is 70.1 Å². The predicted octanol–water partition coefficient (Wildman–Crippen LogP) is 3.78. The Balaban J connectivity index is 1.72. The van der Waals surface area contributed by atoms with Gasteiger partial charge in [0.2, 0.25) is 0 Å². The summed E-state index contributed by atoms with van der Waals surface area (Å²) in [6.07, 6.45) is 1.11. The number of hydrogen-bond acceptors (Lipinski definition) is 3. The number of anilines is 1. The van der Waals surface area contributed by atoms with Crippen LogP contribution >= 0.6 is 0 Å². The first-order valence-electron chi connectivity index (χ1n) is 8.87. The monoisotopic (exact) mass is 348 g/mol. The van der Waals surface area contributed by atoms with Gasteiger partial charge in [-0.2, -0.15) is 0 Å². The van der Waals surface area contributed by atoms with Crippen LogP contribution in [0.25, 0.3) is 4.85 Å². The zero-order valence-electron chi connectivity index (χ0n) is 15.5. The van der Waals surface area contributed by atoms with Gasteiger partial charge in [0.05, 0.1) is 13.1 Å². The van der Waals surface area contributed by atoms with Gasteiger partial charge in [-0.3, -0.25) is 4.79 Å². The molecule has 2 aromatic rings. The van der Waals surface area contributed by atoms with E-state index in [0.717, 1.165) is 29.8 Å². The highest BCUT2D eigenvalue weighted by Crippen LogP contribution is 2.30. The number of aliphatic hydroxyl groups is 1. The molecule has 1 aliphatic heterocycles. The van der Waals surface area contributed by atoms with Gasteiger partial charge >= 0.3 is 0 Å². The van der Waals surface area contributed by atoms with Crippen LogP contribution in [0.2, 0.25) is 0 Å². The summed E-state index contributed by atoms with van der Waals surface area (Å²) in [5.41, 5.74) is 4.48. The normalized spacial score (nSPS) is 15.3. The number of benzene rings is 2. The van der Waals surface area contributed by atoms with Crippen molar-refractivity contribution in [2.24, 2.45) is 0 Å². The topological polar surface area (TPSA) is 44.9 Å².